The van der Waals surface area contributed by atoms with Crippen LogP contribution in [0.4, 0.5) is 19.0 Å². The van der Waals surface area contributed by atoms with E-state index in [-0.39, 0.29) is 36.0 Å². The topological polar surface area (TPSA) is 113 Å². The zero-order valence-corrected chi connectivity index (χ0v) is 21.6. The number of nitrogens with zero attached hydrogens (tertiary/aromatic N) is 2. The molecule has 1 unspecified atom stereocenters. The number of amides is 1. The minimum absolute atomic E-state index is 0.0683. The molecule has 37 heavy (non-hydrogen) atoms. The van der Waals surface area contributed by atoms with Gasteiger partial charge in [0.15, 0.2) is 0 Å². The van der Waals surface area contributed by atoms with Crippen molar-refractivity contribution in [2.24, 2.45) is 0 Å². The molecule has 1 saturated carbocycles. The van der Waals surface area contributed by atoms with Gasteiger partial charge in [0.05, 0.1) is 29.6 Å². The van der Waals surface area contributed by atoms with Crippen LogP contribution in [-0.2, 0) is 0 Å². The number of alkyl halides is 1. The van der Waals surface area contributed by atoms with Gasteiger partial charge in [0, 0.05) is 22.5 Å². The Hall–Kier alpha value is -3.02. The number of aliphatic hydroxyl groups excluding tert-OH is 1. The second kappa shape index (κ2) is 11.6. The summed E-state index contributed by atoms with van der Waals surface area (Å²) in [5.74, 6) is -2.12. The van der Waals surface area contributed by atoms with Crippen molar-refractivity contribution in [3.05, 3.63) is 75.5 Å². The molecule has 4 rings (SSSR count). The number of nitrogens with one attached hydrogen (secondary N) is 2. The monoisotopic (exact) mass is 577 g/mol. The molecule has 7 nitrogen and oxygen atoms in total. The summed E-state index contributed by atoms with van der Waals surface area (Å²) in [5, 5.41) is 15.3. The lowest BCUT2D eigenvalue weighted by Gasteiger charge is -2.28. The Morgan fingerprint density at radius 1 is 1.24 bits per heavy atom. The van der Waals surface area contributed by atoms with Gasteiger partial charge in [-0.15, -0.1) is 0 Å². The lowest BCUT2D eigenvalue weighted by Crippen LogP contribution is -2.35. The highest BCUT2D eigenvalue weighted by Crippen LogP contribution is 2.35. The van der Waals surface area contributed by atoms with E-state index in [0.717, 1.165) is 6.07 Å². The lowest BCUT2D eigenvalue weighted by atomic mass is 9.84. The number of halogens is 4. The molecule has 5 N–H and O–H groups in total. The Balaban J connectivity index is 1.56. The van der Waals surface area contributed by atoms with Gasteiger partial charge in [-0.25, -0.2) is 23.1 Å². The van der Waals surface area contributed by atoms with Gasteiger partial charge in [0.25, 0.3) is 5.91 Å². The zero-order chi connectivity index (χ0) is 26.7. The third-order valence-corrected chi connectivity index (χ3v) is 6.92. The Labute approximate surface area is 220 Å². The van der Waals surface area contributed by atoms with Crippen LogP contribution in [0.15, 0.2) is 47.1 Å². The highest BCUT2D eigenvalue weighted by Gasteiger charge is 2.31. The van der Waals surface area contributed by atoms with E-state index in [2.05, 4.69) is 36.5 Å². The molecular weight excluding hydrogens is 551 g/mol. The molecule has 1 fully saturated rings. The van der Waals surface area contributed by atoms with Crippen LogP contribution in [0, 0.1) is 11.6 Å². The fraction of sp³-hybridized carbons (Fsp3) is 0.346. The molecule has 1 aliphatic carbocycles. The highest BCUT2D eigenvalue weighted by molar-refractivity contribution is 9.10. The Morgan fingerprint density at radius 2 is 2.03 bits per heavy atom. The fourth-order valence-corrected chi connectivity index (χ4v) is 4.99. The number of nitrogens with two attached hydrogens (primary N) is 1. The average molecular weight is 578 g/mol. The third-order valence-electron chi connectivity index (χ3n) is 6.46. The Morgan fingerprint density at radius 3 is 2.70 bits per heavy atom. The highest BCUT2D eigenvalue weighted by atomic mass is 79.9. The van der Waals surface area contributed by atoms with Crippen molar-refractivity contribution in [2.75, 3.05) is 19.3 Å². The van der Waals surface area contributed by atoms with Gasteiger partial charge in [-0.1, -0.05) is 22.0 Å². The number of aromatic nitrogens is 2. The predicted octanol–water partition coefficient (Wildman–Crippen LogP) is 4.42. The van der Waals surface area contributed by atoms with Crippen LogP contribution >= 0.6 is 15.9 Å². The normalized spacial score (nSPS) is 20.4. The van der Waals surface area contributed by atoms with E-state index in [1.807, 2.05) is 0 Å². The van der Waals surface area contributed by atoms with Gasteiger partial charge in [0.2, 0.25) is 0 Å². The fourth-order valence-electron chi connectivity index (χ4n) is 4.50. The van der Waals surface area contributed by atoms with Crippen molar-refractivity contribution in [2.45, 2.75) is 43.5 Å². The Bertz CT molecular complexity index is 1270. The molecule has 2 aromatic carbocycles. The molecule has 196 valence electrons. The summed E-state index contributed by atoms with van der Waals surface area (Å²) in [7, 11) is 1.69. The van der Waals surface area contributed by atoms with Crippen LogP contribution in [-0.4, -0.2) is 46.8 Å². The minimum Gasteiger partial charge on any atom is -0.390 e. The molecule has 1 aromatic heterocycles. The maximum absolute atomic E-state index is 15.1. The molecule has 11 heteroatoms. The molecule has 3 aromatic rings. The van der Waals surface area contributed by atoms with Crippen LogP contribution in [0.3, 0.4) is 0 Å². The first-order valence-electron chi connectivity index (χ1n) is 11.8. The van der Waals surface area contributed by atoms with E-state index in [1.165, 1.54) is 30.5 Å². The van der Waals surface area contributed by atoms with Gasteiger partial charge in [-0.3, -0.25) is 4.79 Å². The minimum atomic E-state index is -1.35. The predicted molar refractivity (Wildman–Crippen MR) is 138 cm³/mol. The van der Waals surface area contributed by atoms with Crippen molar-refractivity contribution >= 4 is 27.7 Å². The quantitative estimate of drug-likeness (QED) is 0.330. The molecule has 1 aliphatic rings. The third kappa shape index (κ3) is 6.28. The Kier molecular flexibility index (Phi) is 8.46. The lowest BCUT2D eigenvalue weighted by molar-refractivity contribution is 0.0363. The number of hydrogen-bond donors (Lipinski definition) is 4. The zero-order valence-electron chi connectivity index (χ0n) is 20.0. The van der Waals surface area contributed by atoms with E-state index in [1.54, 1.807) is 13.1 Å². The maximum Gasteiger partial charge on any atom is 0.254 e. The van der Waals surface area contributed by atoms with Crippen molar-refractivity contribution < 1.29 is 23.1 Å². The number of carbonyl (C=O) groups excluding carboxylic acids is 1. The van der Waals surface area contributed by atoms with Crippen LogP contribution in [0.2, 0.25) is 0 Å². The molecule has 4 atom stereocenters. The summed E-state index contributed by atoms with van der Waals surface area (Å²) in [6, 6.07) is 7.65. The van der Waals surface area contributed by atoms with Crippen LogP contribution in [0.5, 0.6) is 0 Å². The second-order valence-corrected chi connectivity index (χ2v) is 10.0. The second-order valence-electron chi connectivity index (χ2n) is 9.10. The first-order chi connectivity index (χ1) is 17.7. The van der Waals surface area contributed by atoms with Crippen molar-refractivity contribution in [1.29, 1.82) is 0 Å². The van der Waals surface area contributed by atoms with E-state index < -0.39 is 35.9 Å². The number of anilines is 1. The molecular formula is C26H27BrF3N5O2. The molecule has 1 heterocycles. The summed E-state index contributed by atoms with van der Waals surface area (Å²) >= 11 is 3.24. The first-order valence-corrected chi connectivity index (χ1v) is 12.6. The van der Waals surface area contributed by atoms with Crippen molar-refractivity contribution in [1.82, 2.24) is 20.6 Å². The van der Waals surface area contributed by atoms with Crippen LogP contribution < -0.4 is 16.4 Å². The summed E-state index contributed by atoms with van der Waals surface area (Å²) in [6.07, 6.45) is 0.105. The molecule has 0 radical (unpaired) electrons. The van der Waals surface area contributed by atoms with E-state index in [0.29, 0.717) is 34.1 Å². The van der Waals surface area contributed by atoms with Gasteiger partial charge in [0.1, 0.15) is 29.3 Å². The van der Waals surface area contributed by atoms with Crippen LogP contribution in [0.1, 0.15) is 52.8 Å². The van der Waals surface area contributed by atoms with Gasteiger partial charge < -0.3 is 21.5 Å². The van der Waals surface area contributed by atoms with Crippen molar-refractivity contribution in [3.63, 3.8) is 0 Å². The molecule has 0 aliphatic heterocycles. The smallest absolute Gasteiger partial charge is 0.254 e. The number of likely N-dealkylation sites (N-methyl/N-ethyl adjacent to an activating group) is 1. The van der Waals surface area contributed by atoms with Crippen LogP contribution in [0.25, 0.3) is 11.3 Å². The number of rotatable bonds is 7. The standard InChI is InChI=1S/C26H27BrF3N5O2/c1-32-11-21(15-6-16(27)10-17(28)7-15)35-26(37)18-4-2-14(9-19(18)29)24-25(31)33-12-22(34-24)13-3-5-23(36)20(30)8-13/h2,4,6-7,9-10,12-13,20-21,23,32,36H,3,5,8,11H2,1H3,(H2,31,33)(H,35,37)/t13-,20-,21?,23-/m0/s1. The summed E-state index contributed by atoms with van der Waals surface area (Å²) in [5.41, 5.74) is 7.36. The SMILES string of the molecule is CNCC(NC(=O)c1ccc(-c2nc([C@H]3CC[C@H](O)[C@@H](F)C3)cnc2N)cc1F)c1cc(F)cc(Br)c1. The van der Waals surface area contributed by atoms with Gasteiger partial charge >= 0.3 is 0 Å². The molecule has 1 amide bonds. The number of benzene rings is 2. The van der Waals surface area contributed by atoms with Gasteiger partial charge in [-0.2, -0.15) is 0 Å². The van der Waals surface area contributed by atoms with E-state index >= 15 is 4.39 Å². The maximum atomic E-state index is 15.1. The number of carbonyl (C=O) groups is 1. The average Bonchev–Trinajstić information content (AvgIpc) is 2.85. The first kappa shape index (κ1) is 27.0. The van der Waals surface area contributed by atoms with E-state index in [9.17, 15) is 18.7 Å². The molecule has 0 saturated heterocycles. The van der Waals surface area contributed by atoms with E-state index in [4.69, 9.17) is 5.73 Å². The molecule has 0 bridgehead atoms. The largest absolute Gasteiger partial charge is 0.390 e. The number of nitrogen functional groups attached to an aromatic ring is 1. The molecule has 0 spiro atoms. The van der Waals surface area contributed by atoms with Gasteiger partial charge in [-0.05, 0) is 62.2 Å². The number of aliphatic hydroxyl groups is 1. The van der Waals surface area contributed by atoms with Crippen molar-refractivity contribution in [3.8, 4) is 11.3 Å². The summed E-state index contributed by atoms with van der Waals surface area (Å²) in [6.45, 7) is 0.290. The number of hydrogen-bond acceptors (Lipinski definition) is 6. The summed E-state index contributed by atoms with van der Waals surface area (Å²) in [4.78, 5) is 21.6. The summed E-state index contributed by atoms with van der Waals surface area (Å²) < 4.78 is 43.6.